The van der Waals surface area contributed by atoms with Gasteiger partial charge in [0.2, 0.25) is 0 Å². The first-order valence-electron chi connectivity index (χ1n) is 8.11. The summed E-state index contributed by atoms with van der Waals surface area (Å²) >= 11 is 6.15. The smallest absolute Gasteiger partial charge is 0.124 e. The number of benzene rings is 1. The van der Waals surface area contributed by atoms with Gasteiger partial charge in [-0.15, -0.1) is 5.10 Å². The van der Waals surface area contributed by atoms with E-state index < -0.39 is 0 Å². The van der Waals surface area contributed by atoms with Crippen LogP contribution >= 0.6 is 11.6 Å². The van der Waals surface area contributed by atoms with E-state index in [2.05, 4.69) is 28.6 Å². The highest BCUT2D eigenvalue weighted by Gasteiger charge is 2.44. The van der Waals surface area contributed by atoms with Crippen molar-refractivity contribution >= 4 is 11.6 Å². The van der Waals surface area contributed by atoms with Crippen molar-refractivity contribution in [2.24, 2.45) is 7.05 Å². The molecule has 4 rings (SSSR count). The quantitative estimate of drug-likeness (QED) is 0.872. The van der Waals surface area contributed by atoms with Gasteiger partial charge < -0.3 is 10.1 Å². The van der Waals surface area contributed by atoms with Crippen molar-refractivity contribution in [2.45, 2.75) is 43.7 Å². The number of piperidine rings is 1. The zero-order chi connectivity index (χ0) is 16.0. The Balaban J connectivity index is 1.73. The number of rotatable bonds is 1. The van der Waals surface area contributed by atoms with Crippen molar-refractivity contribution in [2.75, 3.05) is 6.61 Å². The first-order chi connectivity index (χ1) is 11.1. The van der Waals surface area contributed by atoms with Crippen LogP contribution in [0.4, 0.5) is 0 Å². The molecular weight excluding hydrogens is 312 g/mol. The van der Waals surface area contributed by atoms with E-state index in [1.807, 2.05) is 25.4 Å². The average Bonchev–Trinajstić information content (AvgIpc) is 2.93. The van der Waals surface area contributed by atoms with Gasteiger partial charge in [0.1, 0.15) is 5.75 Å². The molecule has 5 nitrogen and oxygen atoms in total. The van der Waals surface area contributed by atoms with Gasteiger partial charge in [0, 0.05) is 35.3 Å². The second kappa shape index (κ2) is 5.49. The molecule has 3 heterocycles. The van der Waals surface area contributed by atoms with Gasteiger partial charge in [-0.05, 0) is 38.3 Å². The molecule has 1 aromatic heterocycles. The van der Waals surface area contributed by atoms with Crippen molar-refractivity contribution in [3.8, 4) is 5.75 Å². The molecule has 2 aromatic rings. The van der Waals surface area contributed by atoms with Crippen LogP contribution in [0.5, 0.6) is 5.75 Å². The number of hydrogen-bond donors (Lipinski definition) is 1. The molecule has 1 saturated heterocycles. The lowest BCUT2D eigenvalue weighted by Gasteiger charge is -2.47. The van der Waals surface area contributed by atoms with E-state index in [-0.39, 0.29) is 11.5 Å². The predicted molar refractivity (Wildman–Crippen MR) is 88.8 cm³/mol. The van der Waals surface area contributed by atoms with E-state index in [4.69, 9.17) is 16.3 Å². The molecular formula is C17H21ClN4O. The molecule has 1 spiro atoms. The Morgan fingerprint density at radius 3 is 3.04 bits per heavy atom. The van der Waals surface area contributed by atoms with Crippen LogP contribution in [-0.2, 0) is 12.5 Å². The molecule has 0 bridgehead atoms. The fourth-order valence-corrected chi connectivity index (χ4v) is 4.37. The summed E-state index contributed by atoms with van der Waals surface area (Å²) in [6.45, 7) is 2.99. The van der Waals surface area contributed by atoms with E-state index in [9.17, 15) is 0 Å². The molecule has 1 aromatic carbocycles. The standard InChI is InChI=1S/C17H21ClN4O/c1-11-8-17(9-14(19-11)15-10-22(2)21-20-15)5-6-23-16-7-12(18)3-4-13(16)17/h3-4,7,10-11,14,19H,5-6,8-9H2,1-2H3/t11-,14-,17?/m0/s1. The molecule has 0 radical (unpaired) electrons. The van der Waals surface area contributed by atoms with Gasteiger partial charge in [0.15, 0.2) is 0 Å². The number of aryl methyl sites for hydroxylation is 1. The third kappa shape index (κ3) is 2.62. The number of ether oxygens (including phenoxy) is 1. The van der Waals surface area contributed by atoms with Gasteiger partial charge in [0.05, 0.1) is 18.3 Å². The number of hydrogen-bond acceptors (Lipinski definition) is 4. The Morgan fingerprint density at radius 1 is 1.39 bits per heavy atom. The minimum Gasteiger partial charge on any atom is -0.493 e. The Kier molecular flexibility index (Phi) is 3.58. The topological polar surface area (TPSA) is 52.0 Å². The largest absolute Gasteiger partial charge is 0.493 e. The highest BCUT2D eigenvalue weighted by Crippen LogP contribution is 2.49. The Labute approximate surface area is 141 Å². The van der Waals surface area contributed by atoms with Gasteiger partial charge in [-0.3, -0.25) is 4.68 Å². The maximum absolute atomic E-state index is 6.15. The number of fused-ring (bicyclic) bond motifs is 2. The summed E-state index contributed by atoms with van der Waals surface area (Å²) in [4.78, 5) is 0. The number of nitrogens with one attached hydrogen (secondary N) is 1. The van der Waals surface area contributed by atoms with Gasteiger partial charge in [0.25, 0.3) is 0 Å². The van der Waals surface area contributed by atoms with Crippen molar-refractivity contribution < 1.29 is 4.74 Å². The summed E-state index contributed by atoms with van der Waals surface area (Å²) in [5.41, 5.74) is 2.42. The minimum absolute atomic E-state index is 0.116. The molecule has 0 amide bonds. The zero-order valence-corrected chi connectivity index (χ0v) is 14.2. The predicted octanol–water partition coefficient (Wildman–Crippen LogP) is 3.00. The Morgan fingerprint density at radius 2 is 2.26 bits per heavy atom. The third-order valence-electron chi connectivity index (χ3n) is 5.11. The molecule has 1 unspecified atom stereocenters. The number of halogens is 1. The molecule has 1 N–H and O–H groups in total. The second-order valence-corrected chi connectivity index (χ2v) is 7.30. The average molecular weight is 333 g/mol. The van der Waals surface area contributed by atoms with Gasteiger partial charge in [-0.25, -0.2) is 0 Å². The summed E-state index contributed by atoms with van der Waals surface area (Å²) < 4.78 is 7.64. The zero-order valence-electron chi connectivity index (χ0n) is 13.4. The van der Waals surface area contributed by atoms with Gasteiger partial charge in [-0.1, -0.05) is 22.9 Å². The van der Waals surface area contributed by atoms with Crippen LogP contribution in [0.3, 0.4) is 0 Å². The fraction of sp³-hybridized carbons (Fsp3) is 0.529. The van der Waals surface area contributed by atoms with Crippen molar-refractivity contribution in [1.82, 2.24) is 20.3 Å². The highest BCUT2D eigenvalue weighted by atomic mass is 35.5. The summed E-state index contributed by atoms with van der Waals surface area (Å²) in [5.74, 6) is 0.941. The van der Waals surface area contributed by atoms with Crippen molar-refractivity contribution in [3.63, 3.8) is 0 Å². The lowest BCUT2D eigenvalue weighted by Crippen LogP contribution is -2.48. The SMILES string of the molecule is C[C@H]1CC2(CCOc3cc(Cl)ccc32)C[C@@H](c2cn(C)nn2)N1. The van der Waals surface area contributed by atoms with Crippen LogP contribution in [0.25, 0.3) is 0 Å². The highest BCUT2D eigenvalue weighted by molar-refractivity contribution is 6.30. The second-order valence-electron chi connectivity index (χ2n) is 6.86. The number of nitrogens with zero attached hydrogens (tertiary/aromatic N) is 3. The molecule has 23 heavy (non-hydrogen) atoms. The van der Waals surface area contributed by atoms with Crippen LogP contribution in [-0.4, -0.2) is 27.6 Å². The first kappa shape index (κ1) is 15.0. The normalized spacial score (nSPS) is 30.0. The molecule has 1 fully saturated rings. The third-order valence-corrected chi connectivity index (χ3v) is 5.34. The lowest BCUT2D eigenvalue weighted by atomic mass is 9.65. The molecule has 0 aliphatic carbocycles. The van der Waals surface area contributed by atoms with Gasteiger partial charge in [-0.2, -0.15) is 0 Å². The summed E-state index contributed by atoms with van der Waals surface area (Å²) in [6.07, 6.45) is 5.14. The molecule has 122 valence electrons. The van der Waals surface area contributed by atoms with E-state index >= 15 is 0 Å². The summed E-state index contributed by atoms with van der Waals surface area (Å²) in [5, 5.41) is 12.8. The monoisotopic (exact) mass is 332 g/mol. The van der Waals surface area contributed by atoms with E-state index in [1.165, 1.54) is 5.56 Å². The summed E-state index contributed by atoms with van der Waals surface area (Å²) in [7, 11) is 1.91. The molecule has 2 aliphatic heterocycles. The van der Waals surface area contributed by atoms with Crippen LogP contribution in [0, 0.1) is 0 Å². The molecule has 0 saturated carbocycles. The maximum Gasteiger partial charge on any atom is 0.124 e. The maximum atomic E-state index is 6.15. The van der Waals surface area contributed by atoms with Crippen LogP contribution in [0.2, 0.25) is 5.02 Å². The van der Waals surface area contributed by atoms with E-state index in [0.29, 0.717) is 6.04 Å². The van der Waals surface area contributed by atoms with E-state index in [1.54, 1.807) is 4.68 Å². The summed E-state index contributed by atoms with van der Waals surface area (Å²) in [6, 6.07) is 6.69. The lowest BCUT2D eigenvalue weighted by molar-refractivity contribution is 0.138. The molecule has 2 aliphatic rings. The van der Waals surface area contributed by atoms with Crippen LogP contribution < -0.4 is 10.1 Å². The van der Waals surface area contributed by atoms with Crippen LogP contribution in [0.1, 0.15) is 43.5 Å². The Hall–Kier alpha value is -1.59. The van der Waals surface area contributed by atoms with Gasteiger partial charge >= 0.3 is 0 Å². The van der Waals surface area contributed by atoms with E-state index in [0.717, 1.165) is 42.3 Å². The molecule has 6 heteroatoms. The number of aromatic nitrogens is 3. The Bertz CT molecular complexity index is 731. The van der Waals surface area contributed by atoms with Crippen molar-refractivity contribution in [1.29, 1.82) is 0 Å². The van der Waals surface area contributed by atoms with Crippen LogP contribution in [0.15, 0.2) is 24.4 Å². The molecule has 3 atom stereocenters. The minimum atomic E-state index is 0.116. The first-order valence-corrected chi connectivity index (χ1v) is 8.49. The fourth-order valence-electron chi connectivity index (χ4n) is 4.21. The van der Waals surface area contributed by atoms with Crippen molar-refractivity contribution in [3.05, 3.63) is 40.7 Å².